The molecule has 0 bridgehead atoms. The second-order valence-electron chi connectivity index (χ2n) is 10.4. The Morgan fingerprint density at radius 2 is 1.89 bits per heavy atom. The van der Waals surface area contributed by atoms with E-state index < -0.39 is 29.2 Å². The molecule has 1 aliphatic rings. The average Bonchev–Trinajstić information content (AvgIpc) is 3.42. The molecule has 2 heterocycles. The van der Waals surface area contributed by atoms with Crippen molar-refractivity contribution in [2.45, 2.75) is 64.7 Å². The fraction of sp³-hybridized carbons (Fsp3) is 0.364. The Labute approximate surface area is 265 Å². The molecule has 0 saturated heterocycles. The molecule has 2 aromatic heterocycles. The van der Waals surface area contributed by atoms with Crippen LogP contribution in [-0.2, 0) is 14.3 Å². The second-order valence-corrected chi connectivity index (χ2v) is 11.8. The molecular weight excluding hydrogens is 608 g/mol. The third-order valence-electron chi connectivity index (χ3n) is 7.43. The van der Waals surface area contributed by atoms with Crippen LogP contribution in [0.25, 0.3) is 22.2 Å². The molecule has 0 radical (unpaired) electrons. The third-order valence-corrected chi connectivity index (χ3v) is 8.66. The lowest BCUT2D eigenvalue weighted by Gasteiger charge is -2.18. The first kappa shape index (κ1) is 33.4. The van der Waals surface area contributed by atoms with E-state index in [-0.39, 0.29) is 17.4 Å². The van der Waals surface area contributed by atoms with E-state index in [0.717, 1.165) is 42.2 Å². The van der Waals surface area contributed by atoms with Crippen LogP contribution >= 0.6 is 23.5 Å². The van der Waals surface area contributed by atoms with Crippen LogP contribution < -0.4 is 4.72 Å². The van der Waals surface area contributed by atoms with Gasteiger partial charge in [-0.15, -0.1) is 0 Å². The fourth-order valence-corrected chi connectivity index (χ4v) is 5.73. The SMILES string of the molecule is CCCSNc1ccc(F)c(C(=O)c2cn(C(C)OC)c3ncc(-c4ccc(Cl)cc4)cc23)c1F.O=COC1CCCCC1. The normalized spacial score (nSPS) is 14.0. The number of anilines is 1. The van der Waals surface area contributed by atoms with Crippen LogP contribution in [0.1, 0.15) is 74.5 Å². The van der Waals surface area contributed by atoms with E-state index in [1.807, 2.05) is 19.1 Å². The molecule has 1 N–H and O–H groups in total. The number of benzene rings is 2. The molecule has 4 aromatic rings. The molecule has 44 heavy (non-hydrogen) atoms. The Bertz CT molecular complexity index is 1580. The summed E-state index contributed by atoms with van der Waals surface area (Å²) in [5.74, 6) is -1.89. The Morgan fingerprint density at radius 1 is 1.16 bits per heavy atom. The summed E-state index contributed by atoms with van der Waals surface area (Å²) in [7, 11) is 1.53. The van der Waals surface area contributed by atoms with Crippen molar-refractivity contribution < 1.29 is 27.8 Å². The van der Waals surface area contributed by atoms with Crippen molar-refractivity contribution in [2.24, 2.45) is 0 Å². The van der Waals surface area contributed by atoms with E-state index >= 15 is 4.39 Å². The summed E-state index contributed by atoms with van der Waals surface area (Å²) >= 11 is 7.30. The zero-order valence-electron chi connectivity index (χ0n) is 24.9. The summed E-state index contributed by atoms with van der Waals surface area (Å²) in [6.07, 6.45) is 9.75. The molecular formula is C33H36ClF2N3O4S. The van der Waals surface area contributed by atoms with Crippen LogP contribution in [0.5, 0.6) is 0 Å². The van der Waals surface area contributed by atoms with Gasteiger partial charge in [-0.25, -0.2) is 13.8 Å². The number of ketones is 1. The topological polar surface area (TPSA) is 82.5 Å². The maximum Gasteiger partial charge on any atom is 0.293 e. The molecule has 7 nitrogen and oxygen atoms in total. The van der Waals surface area contributed by atoms with Gasteiger partial charge in [0.2, 0.25) is 5.78 Å². The highest BCUT2D eigenvalue weighted by Gasteiger charge is 2.27. The first-order valence-electron chi connectivity index (χ1n) is 14.6. The number of fused-ring (bicyclic) bond motifs is 1. The lowest BCUT2D eigenvalue weighted by molar-refractivity contribution is -0.134. The standard InChI is InChI=1S/C26H24ClF2N3O2S.C7H12O2/c1-4-11-35-31-22-10-9-21(28)23(24(22)29)25(33)20-14-32(15(2)34-3)26-19(20)12-17(13-30-26)16-5-7-18(27)8-6-16;8-6-9-7-4-2-1-3-5-7/h5-10,12-15,31H,4,11H2,1-3H3;6-7H,1-5H2. The van der Waals surface area contributed by atoms with Gasteiger partial charge in [0.15, 0.2) is 5.82 Å². The number of rotatable bonds is 11. The van der Waals surface area contributed by atoms with Crippen LogP contribution in [0.15, 0.2) is 54.9 Å². The highest BCUT2D eigenvalue weighted by atomic mass is 35.5. The number of halogens is 3. The Morgan fingerprint density at radius 3 is 2.55 bits per heavy atom. The van der Waals surface area contributed by atoms with Crippen LogP contribution in [0.3, 0.4) is 0 Å². The van der Waals surface area contributed by atoms with E-state index in [0.29, 0.717) is 22.5 Å². The van der Waals surface area contributed by atoms with E-state index in [9.17, 15) is 14.0 Å². The number of nitrogens with zero attached hydrogens (tertiary/aromatic N) is 2. The van der Waals surface area contributed by atoms with Crippen LogP contribution in [0.2, 0.25) is 5.02 Å². The minimum atomic E-state index is -0.930. The fourth-order valence-electron chi connectivity index (χ4n) is 4.99. The van der Waals surface area contributed by atoms with Crippen molar-refractivity contribution in [1.29, 1.82) is 0 Å². The predicted molar refractivity (Wildman–Crippen MR) is 172 cm³/mol. The van der Waals surface area contributed by atoms with Crippen molar-refractivity contribution in [3.8, 4) is 11.1 Å². The molecule has 0 aliphatic heterocycles. The van der Waals surface area contributed by atoms with Crippen molar-refractivity contribution in [3.63, 3.8) is 0 Å². The first-order valence-corrected chi connectivity index (χ1v) is 15.9. The van der Waals surface area contributed by atoms with Gasteiger partial charge in [-0.1, -0.05) is 49.0 Å². The van der Waals surface area contributed by atoms with Crippen molar-refractivity contribution in [1.82, 2.24) is 9.55 Å². The summed E-state index contributed by atoms with van der Waals surface area (Å²) in [6.45, 7) is 4.35. The Kier molecular flexibility index (Phi) is 12.2. The van der Waals surface area contributed by atoms with Crippen LogP contribution in [0.4, 0.5) is 14.5 Å². The number of nitrogens with one attached hydrogen (secondary N) is 1. The van der Waals surface area contributed by atoms with E-state index in [1.54, 1.807) is 35.9 Å². The zero-order chi connectivity index (χ0) is 31.6. The molecule has 1 saturated carbocycles. The van der Waals surface area contributed by atoms with Gasteiger partial charge in [0, 0.05) is 41.2 Å². The van der Waals surface area contributed by atoms with Gasteiger partial charge in [0.25, 0.3) is 6.47 Å². The van der Waals surface area contributed by atoms with Crippen LogP contribution in [0, 0.1) is 11.6 Å². The number of hydrogen-bond donors (Lipinski definition) is 1. The van der Waals surface area contributed by atoms with Gasteiger partial charge in [-0.05, 0) is 74.9 Å². The van der Waals surface area contributed by atoms with E-state index in [2.05, 4.69) is 9.71 Å². The average molecular weight is 644 g/mol. The number of pyridine rings is 1. The summed E-state index contributed by atoms with van der Waals surface area (Å²) in [5, 5.41) is 1.05. The van der Waals surface area contributed by atoms with E-state index in [4.69, 9.17) is 21.1 Å². The smallest absolute Gasteiger partial charge is 0.293 e. The molecule has 0 amide bonds. The van der Waals surface area contributed by atoms with Crippen LogP contribution in [-0.4, -0.2) is 40.8 Å². The van der Waals surface area contributed by atoms with Gasteiger partial charge in [0.1, 0.15) is 23.8 Å². The molecule has 0 spiro atoms. The number of methoxy groups -OCH3 is 1. The summed E-state index contributed by atoms with van der Waals surface area (Å²) in [4.78, 5) is 28.0. The number of aromatic nitrogens is 2. The molecule has 1 fully saturated rings. The monoisotopic (exact) mass is 643 g/mol. The zero-order valence-corrected chi connectivity index (χ0v) is 26.5. The third kappa shape index (κ3) is 7.97. The largest absolute Gasteiger partial charge is 0.465 e. The number of carbonyl (C=O) groups excluding carboxylic acids is 2. The lowest BCUT2D eigenvalue weighted by atomic mass is 9.98. The quantitative estimate of drug-likeness (QED) is 0.0756. The Hall–Kier alpha value is -3.47. The number of hydrogen-bond acceptors (Lipinski definition) is 7. The minimum Gasteiger partial charge on any atom is -0.465 e. The van der Waals surface area contributed by atoms with Crippen molar-refractivity contribution in [2.75, 3.05) is 17.6 Å². The Balaban J connectivity index is 0.000000421. The molecule has 1 aliphatic carbocycles. The second kappa shape index (κ2) is 16.0. The van der Waals surface area contributed by atoms with Gasteiger partial charge in [0.05, 0.1) is 16.8 Å². The maximum atomic E-state index is 15.3. The molecule has 1 unspecified atom stereocenters. The molecule has 5 rings (SSSR count). The summed E-state index contributed by atoms with van der Waals surface area (Å²) in [6, 6.07) is 11.4. The van der Waals surface area contributed by atoms with E-state index in [1.165, 1.54) is 50.6 Å². The predicted octanol–water partition coefficient (Wildman–Crippen LogP) is 8.99. The lowest BCUT2D eigenvalue weighted by Crippen LogP contribution is -2.15. The van der Waals surface area contributed by atoms with Gasteiger partial charge >= 0.3 is 0 Å². The highest BCUT2D eigenvalue weighted by molar-refractivity contribution is 8.00. The molecule has 234 valence electrons. The number of ether oxygens (including phenoxy) is 2. The number of carbonyl (C=O) groups is 2. The van der Waals surface area contributed by atoms with Crippen molar-refractivity contribution >= 4 is 52.5 Å². The van der Waals surface area contributed by atoms with Crippen molar-refractivity contribution in [3.05, 3.63) is 82.6 Å². The molecule has 11 heteroatoms. The highest BCUT2D eigenvalue weighted by Crippen LogP contribution is 2.33. The molecule has 2 aromatic carbocycles. The molecule has 1 atom stereocenters. The first-order chi connectivity index (χ1) is 21.3. The van der Waals surface area contributed by atoms with Gasteiger partial charge < -0.3 is 18.8 Å². The van der Waals surface area contributed by atoms with Gasteiger partial charge in [-0.3, -0.25) is 9.59 Å². The minimum absolute atomic E-state index is 0.0576. The van der Waals surface area contributed by atoms with Gasteiger partial charge in [-0.2, -0.15) is 0 Å². The maximum absolute atomic E-state index is 15.3. The summed E-state index contributed by atoms with van der Waals surface area (Å²) in [5.41, 5.74) is 1.61. The summed E-state index contributed by atoms with van der Waals surface area (Å²) < 4.78 is 44.9.